The van der Waals surface area contributed by atoms with E-state index in [4.69, 9.17) is 0 Å². The molecular weight excluding hydrogens is 510 g/mol. The second-order valence-corrected chi connectivity index (χ2v) is 12.8. The number of anilines is 2. The number of hydrogen-bond acceptors (Lipinski definition) is 10. The molecule has 2 N–H and O–H groups in total. The Hall–Kier alpha value is -3.09. The van der Waals surface area contributed by atoms with Gasteiger partial charge in [-0.25, -0.2) is 18.4 Å². The Balaban J connectivity index is 1.35. The molecule has 3 aromatic rings. The fourth-order valence-electron chi connectivity index (χ4n) is 4.08. The number of nitrogens with zero attached hydrogens (tertiary/aromatic N) is 5. The van der Waals surface area contributed by atoms with E-state index < -0.39 is 15.7 Å². The topological polar surface area (TPSA) is 120 Å². The second kappa shape index (κ2) is 10.7. The van der Waals surface area contributed by atoms with Crippen LogP contribution >= 0.6 is 11.3 Å². The van der Waals surface area contributed by atoms with Crippen LogP contribution in [-0.2, 0) is 14.6 Å². The molecule has 5 rings (SSSR count). The first-order valence-electron chi connectivity index (χ1n) is 12.4. The van der Waals surface area contributed by atoms with E-state index >= 15 is 0 Å². The maximum Gasteiger partial charge on any atom is 0.278 e. The minimum absolute atomic E-state index is 0.232. The number of thiazole rings is 1. The maximum absolute atomic E-state index is 13.4. The van der Waals surface area contributed by atoms with Crippen molar-refractivity contribution in [1.29, 1.82) is 0 Å². The molecule has 2 aliphatic rings. The molecule has 0 atom stereocenters. The van der Waals surface area contributed by atoms with Crippen LogP contribution in [0.5, 0.6) is 0 Å². The molecule has 2 aromatic heterocycles. The first-order chi connectivity index (χ1) is 17.8. The van der Waals surface area contributed by atoms with Gasteiger partial charge in [-0.1, -0.05) is 23.5 Å². The summed E-state index contributed by atoms with van der Waals surface area (Å²) in [5, 5.41) is 12.8. The van der Waals surface area contributed by atoms with Gasteiger partial charge in [0.05, 0.1) is 10.1 Å². The van der Waals surface area contributed by atoms with Crippen molar-refractivity contribution in [2.75, 3.05) is 50.9 Å². The third kappa shape index (κ3) is 6.08. The summed E-state index contributed by atoms with van der Waals surface area (Å²) in [7, 11) is 0.730. The zero-order valence-electron chi connectivity index (χ0n) is 21.0. The van der Waals surface area contributed by atoms with E-state index in [9.17, 15) is 13.2 Å². The van der Waals surface area contributed by atoms with Gasteiger partial charge < -0.3 is 10.2 Å². The molecule has 0 spiro atoms. The molecule has 1 amide bonds. The molecule has 10 nitrogen and oxygen atoms in total. The number of carbonyl (C=O) groups is 1. The molecule has 12 heteroatoms. The molecule has 1 saturated heterocycles. The minimum Gasteiger partial charge on any atom is -0.369 e. The lowest BCUT2D eigenvalue weighted by Crippen LogP contribution is -2.27. The van der Waals surface area contributed by atoms with E-state index in [2.05, 4.69) is 30.6 Å². The van der Waals surface area contributed by atoms with Crippen molar-refractivity contribution in [1.82, 2.24) is 19.9 Å². The molecule has 1 aliphatic carbocycles. The molecule has 1 aromatic carbocycles. The van der Waals surface area contributed by atoms with Crippen LogP contribution in [0.3, 0.4) is 0 Å². The summed E-state index contributed by atoms with van der Waals surface area (Å²) < 4.78 is 25.2. The molecule has 0 bridgehead atoms. The fourth-order valence-corrected chi connectivity index (χ4v) is 6.57. The lowest BCUT2D eigenvalue weighted by Gasteiger charge is -2.14. The Labute approximate surface area is 220 Å². The number of benzene rings is 1. The van der Waals surface area contributed by atoms with Crippen LogP contribution < -0.4 is 10.6 Å². The molecule has 196 valence electrons. The van der Waals surface area contributed by atoms with Crippen molar-refractivity contribution in [3.05, 3.63) is 42.0 Å². The van der Waals surface area contributed by atoms with Crippen LogP contribution in [0.2, 0.25) is 0 Å². The van der Waals surface area contributed by atoms with Gasteiger partial charge in [-0.3, -0.25) is 15.1 Å². The van der Waals surface area contributed by atoms with E-state index in [0.717, 1.165) is 49.7 Å². The van der Waals surface area contributed by atoms with Gasteiger partial charge in [-0.15, -0.1) is 0 Å². The van der Waals surface area contributed by atoms with Gasteiger partial charge in [0.1, 0.15) is 16.2 Å². The van der Waals surface area contributed by atoms with Crippen LogP contribution in [0.15, 0.2) is 46.4 Å². The summed E-state index contributed by atoms with van der Waals surface area (Å²) >= 11 is 1.30. The van der Waals surface area contributed by atoms with Crippen LogP contribution in [-0.4, -0.2) is 85.4 Å². The highest BCUT2D eigenvalue weighted by Crippen LogP contribution is 2.33. The number of rotatable bonds is 10. The Kier molecular flexibility index (Phi) is 7.40. The summed E-state index contributed by atoms with van der Waals surface area (Å²) in [6.07, 6.45) is 3.45. The number of hydrogen-bond donors (Lipinski definition) is 2. The SMILES string of the molecule is CN(C)CCNc1ccc2nc(NC(=O)C(=NN3CCCC3)c3ccc(S(=O)(=O)C4CC4)cc3)sc2n1. The lowest BCUT2D eigenvalue weighted by molar-refractivity contribution is -0.110. The van der Waals surface area contributed by atoms with Crippen LogP contribution in [0.1, 0.15) is 31.2 Å². The van der Waals surface area contributed by atoms with Crippen LogP contribution in [0.4, 0.5) is 10.9 Å². The minimum atomic E-state index is -3.30. The highest BCUT2D eigenvalue weighted by molar-refractivity contribution is 7.92. The number of likely N-dealkylation sites (N-methyl/N-ethyl adjacent to an activating group) is 1. The largest absolute Gasteiger partial charge is 0.369 e. The first-order valence-corrected chi connectivity index (χ1v) is 14.8. The average Bonchev–Trinajstić information content (AvgIpc) is 3.48. The second-order valence-electron chi connectivity index (χ2n) is 9.60. The molecule has 0 radical (unpaired) electrons. The predicted molar refractivity (Wildman–Crippen MR) is 147 cm³/mol. The number of nitrogens with one attached hydrogen (secondary N) is 2. The van der Waals surface area contributed by atoms with Gasteiger partial charge in [0, 0.05) is 31.7 Å². The first kappa shape index (κ1) is 25.6. The van der Waals surface area contributed by atoms with Crippen molar-refractivity contribution in [2.45, 2.75) is 35.8 Å². The van der Waals surface area contributed by atoms with Crippen molar-refractivity contribution >= 4 is 54.1 Å². The van der Waals surface area contributed by atoms with E-state index in [1.54, 1.807) is 24.3 Å². The van der Waals surface area contributed by atoms with Gasteiger partial charge in [-0.2, -0.15) is 5.10 Å². The number of hydrazone groups is 1. The summed E-state index contributed by atoms with van der Waals surface area (Å²) in [4.78, 5) is 25.6. The van der Waals surface area contributed by atoms with Crippen molar-refractivity contribution in [3.8, 4) is 0 Å². The summed E-state index contributed by atoms with van der Waals surface area (Å²) in [6, 6.07) is 10.2. The predicted octanol–water partition coefficient (Wildman–Crippen LogP) is 3.04. The normalized spacial score (nSPS) is 16.5. The summed E-state index contributed by atoms with van der Waals surface area (Å²) in [5.41, 5.74) is 1.49. The maximum atomic E-state index is 13.4. The number of carbonyl (C=O) groups excluding carboxylic acids is 1. The number of pyridine rings is 1. The third-order valence-corrected chi connectivity index (χ3v) is 9.46. The lowest BCUT2D eigenvalue weighted by atomic mass is 10.1. The molecule has 1 saturated carbocycles. The van der Waals surface area contributed by atoms with Crippen LogP contribution in [0, 0.1) is 0 Å². The quantitative estimate of drug-likeness (QED) is 0.376. The van der Waals surface area contributed by atoms with Gasteiger partial charge in [0.25, 0.3) is 5.91 Å². The van der Waals surface area contributed by atoms with Crippen molar-refractivity contribution in [3.63, 3.8) is 0 Å². The van der Waals surface area contributed by atoms with E-state index in [-0.39, 0.29) is 15.9 Å². The van der Waals surface area contributed by atoms with Gasteiger partial charge in [-0.05, 0) is 64.0 Å². The Morgan fingerprint density at radius 3 is 2.51 bits per heavy atom. The highest BCUT2D eigenvalue weighted by Gasteiger charge is 2.36. The zero-order chi connectivity index (χ0) is 26.0. The number of fused-ring (bicyclic) bond motifs is 1. The molecule has 37 heavy (non-hydrogen) atoms. The standard InChI is InChI=1S/C25H31N7O3S2/c1-31(2)16-13-26-21-12-11-20-24(28-21)36-25(27-20)29-23(33)22(30-32-14-3-4-15-32)17-5-7-18(8-6-17)37(34,35)19-9-10-19/h5-8,11-12,19H,3-4,9-10,13-16H2,1-2H3,(H,26,28)(H,27,29,33). The van der Waals surface area contributed by atoms with E-state index in [0.29, 0.717) is 29.1 Å². The zero-order valence-corrected chi connectivity index (χ0v) is 22.6. The number of aromatic nitrogens is 2. The van der Waals surface area contributed by atoms with Gasteiger partial charge in [0.2, 0.25) is 0 Å². The molecule has 1 aliphatic heterocycles. The Morgan fingerprint density at radius 1 is 1.11 bits per heavy atom. The number of amides is 1. The molecule has 0 unspecified atom stereocenters. The highest BCUT2D eigenvalue weighted by atomic mass is 32.2. The van der Waals surface area contributed by atoms with Gasteiger partial charge in [0.15, 0.2) is 20.7 Å². The van der Waals surface area contributed by atoms with E-state index in [1.165, 1.54) is 11.3 Å². The Morgan fingerprint density at radius 2 is 1.84 bits per heavy atom. The molecule has 3 heterocycles. The summed E-state index contributed by atoms with van der Waals surface area (Å²) in [5.74, 6) is 0.362. The molecular formula is C25H31N7O3S2. The summed E-state index contributed by atoms with van der Waals surface area (Å²) in [6.45, 7) is 3.21. The smallest absolute Gasteiger partial charge is 0.278 e. The van der Waals surface area contributed by atoms with Gasteiger partial charge >= 0.3 is 0 Å². The van der Waals surface area contributed by atoms with Crippen molar-refractivity contribution in [2.24, 2.45) is 5.10 Å². The fraction of sp³-hybridized carbons (Fsp3) is 0.440. The van der Waals surface area contributed by atoms with E-state index in [1.807, 2.05) is 31.2 Å². The third-order valence-electron chi connectivity index (χ3n) is 6.30. The number of sulfone groups is 1. The average molecular weight is 542 g/mol. The molecule has 2 fully saturated rings. The monoisotopic (exact) mass is 541 g/mol. The Bertz CT molecular complexity index is 1410. The van der Waals surface area contributed by atoms with Crippen LogP contribution in [0.25, 0.3) is 10.3 Å². The van der Waals surface area contributed by atoms with Crippen molar-refractivity contribution < 1.29 is 13.2 Å².